The first-order chi connectivity index (χ1) is 17.3. The molecule has 0 saturated heterocycles. The summed E-state index contributed by atoms with van der Waals surface area (Å²) in [6, 6.07) is 45.1. The van der Waals surface area contributed by atoms with E-state index in [0.29, 0.717) is 0 Å². The number of ether oxygens (including phenoxy) is 1. The van der Waals surface area contributed by atoms with Crippen molar-refractivity contribution in [1.82, 2.24) is 0 Å². The topological polar surface area (TPSA) is 29.5 Å². The highest BCUT2D eigenvalue weighted by Gasteiger charge is 2.46. The molecule has 0 bridgehead atoms. The quantitative estimate of drug-likeness (QED) is 0.291. The first-order valence-corrected chi connectivity index (χ1v) is 12.0. The van der Waals surface area contributed by atoms with Crippen LogP contribution in [0.3, 0.4) is 0 Å². The van der Waals surface area contributed by atoms with Crippen molar-refractivity contribution in [3.8, 4) is 28.0 Å². The second-order valence-electron chi connectivity index (χ2n) is 8.86. The van der Waals surface area contributed by atoms with Crippen LogP contribution in [-0.4, -0.2) is 18.3 Å². The third-order valence-electron chi connectivity index (χ3n) is 7.01. The first-order valence-electron chi connectivity index (χ1n) is 12.0. The molecular formula is C33H26O2. The van der Waals surface area contributed by atoms with E-state index in [1.807, 2.05) is 18.2 Å². The summed E-state index contributed by atoms with van der Waals surface area (Å²) >= 11 is 0. The van der Waals surface area contributed by atoms with Crippen molar-refractivity contribution in [3.63, 3.8) is 0 Å². The molecule has 2 nitrogen and oxygen atoms in total. The predicted molar refractivity (Wildman–Crippen MR) is 142 cm³/mol. The summed E-state index contributed by atoms with van der Waals surface area (Å²) in [5.41, 5.74) is 9.21. The molecule has 0 fully saturated rings. The van der Waals surface area contributed by atoms with Crippen molar-refractivity contribution in [3.05, 3.63) is 150 Å². The van der Waals surface area contributed by atoms with Gasteiger partial charge in [0, 0.05) is 5.56 Å². The van der Waals surface area contributed by atoms with E-state index >= 15 is 0 Å². The highest BCUT2D eigenvalue weighted by molar-refractivity contribution is 5.87. The fourth-order valence-electron chi connectivity index (χ4n) is 5.60. The summed E-state index contributed by atoms with van der Waals surface area (Å²) in [5.74, 6) is 0.775. The van der Waals surface area contributed by atoms with Crippen LogP contribution >= 0.6 is 0 Å². The van der Waals surface area contributed by atoms with Crippen molar-refractivity contribution in [2.75, 3.05) is 13.2 Å². The predicted octanol–water partition coefficient (Wildman–Crippen LogP) is 7.09. The normalized spacial score (nSPS) is 13.2. The van der Waals surface area contributed by atoms with Crippen molar-refractivity contribution in [2.24, 2.45) is 0 Å². The van der Waals surface area contributed by atoms with E-state index in [4.69, 9.17) is 4.74 Å². The summed E-state index contributed by atoms with van der Waals surface area (Å²) in [6.45, 7) is 0.235. The molecule has 6 rings (SSSR count). The average Bonchev–Trinajstić information content (AvgIpc) is 3.24. The monoisotopic (exact) mass is 454 g/mol. The molecule has 1 aliphatic rings. The summed E-state index contributed by atoms with van der Waals surface area (Å²) in [6.07, 6.45) is 0. The van der Waals surface area contributed by atoms with Gasteiger partial charge in [-0.3, -0.25) is 0 Å². The Morgan fingerprint density at radius 2 is 1.11 bits per heavy atom. The number of rotatable bonds is 6. The zero-order valence-corrected chi connectivity index (χ0v) is 19.4. The summed E-state index contributed by atoms with van der Waals surface area (Å²) < 4.78 is 5.99. The molecule has 0 unspecified atom stereocenters. The Morgan fingerprint density at radius 1 is 0.543 bits per heavy atom. The molecule has 0 aliphatic heterocycles. The van der Waals surface area contributed by atoms with E-state index in [1.165, 1.54) is 33.4 Å². The highest BCUT2D eigenvalue weighted by atomic mass is 16.5. The highest BCUT2D eigenvalue weighted by Crippen LogP contribution is 2.56. The molecular weight excluding hydrogens is 428 g/mol. The number of hydrogen-bond acceptors (Lipinski definition) is 2. The van der Waals surface area contributed by atoms with Crippen molar-refractivity contribution < 1.29 is 9.84 Å². The Hall–Kier alpha value is -4.14. The lowest BCUT2D eigenvalue weighted by atomic mass is 9.67. The molecule has 0 amide bonds. The smallest absolute Gasteiger partial charge is 0.127 e. The minimum absolute atomic E-state index is 0.0231. The van der Waals surface area contributed by atoms with E-state index < -0.39 is 5.41 Å². The molecule has 170 valence electrons. The lowest BCUT2D eigenvalue weighted by Gasteiger charge is -2.34. The maximum atomic E-state index is 9.40. The number of fused-ring (bicyclic) bond motifs is 3. The molecule has 5 aromatic rings. The summed E-state index contributed by atoms with van der Waals surface area (Å²) in [7, 11) is 0. The van der Waals surface area contributed by atoms with Crippen LogP contribution in [0.4, 0.5) is 0 Å². The Balaban J connectivity index is 1.69. The van der Waals surface area contributed by atoms with Crippen LogP contribution in [0.25, 0.3) is 22.3 Å². The van der Waals surface area contributed by atoms with Gasteiger partial charge in [0.1, 0.15) is 12.4 Å². The molecule has 5 aromatic carbocycles. The molecule has 1 aliphatic carbocycles. The van der Waals surface area contributed by atoms with Gasteiger partial charge in [-0.1, -0.05) is 115 Å². The lowest BCUT2D eigenvalue weighted by Crippen LogP contribution is -2.28. The molecule has 0 aromatic heterocycles. The van der Waals surface area contributed by atoms with Crippen molar-refractivity contribution in [2.45, 2.75) is 5.41 Å². The van der Waals surface area contributed by atoms with E-state index in [9.17, 15) is 5.11 Å². The van der Waals surface area contributed by atoms with Gasteiger partial charge in [-0.05, 0) is 51.1 Å². The van der Waals surface area contributed by atoms with Gasteiger partial charge >= 0.3 is 0 Å². The lowest BCUT2D eigenvalue weighted by molar-refractivity contribution is 0.202. The third kappa shape index (κ3) is 3.38. The largest absolute Gasteiger partial charge is 0.491 e. The van der Waals surface area contributed by atoms with E-state index in [1.54, 1.807) is 0 Å². The van der Waals surface area contributed by atoms with Gasteiger partial charge in [0.05, 0.1) is 12.0 Å². The first kappa shape index (κ1) is 21.4. The minimum atomic E-state index is -0.451. The van der Waals surface area contributed by atoms with Crippen molar-refractivity contribution >= 4 is 0 Å². The molecule has 0 spiro atoms. The van der Waals surface area contributed by atoms with Gasteiger partial charge in [-0.15, -0.1) is 0 Å². The zero-order chi connectivity index (χ0) is 23.7. The molecule has 2 heteroatoms. The fourth-order valence-corrected chi connectivity index (χ4v) is 5.60. The fraction of sp³-hybridized carbons (Fsp3) is 0.0909. The van der Waals surface area contributed by atoms with Crippen LogP contribution < -0.4 is 4.74 Å². The Labute approximate surface area is 206 Å². The van der Waals surface area contributed by atoms with Gasteiger partial charge < -0.3 is 9.84 Å². The number of aliphatic hydroxyl groups excluding tert-OH is 1. The summed E-state index contributed by atoms with van der Waals surface area (Å²) in [4.78, 5) is 0. The standard InChI is InChI=1S/C33H26O2/c34-21-22-35-32-20-19-26(23-29(32)24-11-3-1-4-12-24)33(25-13-5-2-6-14-25)30-17-9-7-15-27(30)28-16-8-10-18-31(28)33/h1-20,23,34H,21-22H2. The maximum absolute atomic E-state index is 9.40. The Bertz CT molecular complexity index is 1430. The van der Waals surface area contributed by atoms with Crippen LogP contribution in [-0.2, 0) is 5.41 Å². The Morgan fingerprint density at radius 3 is 1.74 bits per heavy atom. The number of benzene rings is 5. The maximum Gasteiger partial charge on any atom is 0.127 e. The van der Waals surface area contributed by atoms with Crippen LogP contribution in [0.15, 0.2) is 127 Å². The van der Waals surface area contributed by atoms with Gasteiger partial charge in [0.2, 0.25) is 0 Å². The van der Waals surface area contributed by atoms with Crippen LogP contribution in [0.2, 0.25) is 0 Å². The molecule has 0 heterocycles. The summed E-state index contributed by atoms with van der Waals surface area (Å²) in [5, 5.41) is 9.40. The zero-order valence-electron chi connectivity index (χ0n) is 19.4. The number of aliphatic hydroxyl groups is 1. The van der Waals surface area contributed by atoms with Gasteiger partial charge in [0.15, 0.2) is 0 Å². The Kier molecular flexibility index (Phi) is 5.44. The minimum Gasteiger partial charge on any atom is -0.491 e. The number of hydrogen-bond donors (Lipinski definition) is 1. The molecule has 35 heavy (non-hydrogen) atoms. The van der Waals surface area contributed by atoms with E-state index in [2.05, 4.69) is 109 Å². The van der Waals surface area contributed by atoms with Crippen LogP contribution in [0.1, 0.15) is 22.3 Å². The molecule has 0 atom stereocenters. The SMILES string of the molecule is OCCOc1ccc(C2(c3ccccc3)c3ccccc3-c3ccccc32)cc1-c1ccccc1. The van der Waals surface area contributed by atoms with Gasteiger partial charge in [0.25, 0.3) is 0 Å². The molecule has 0 radical (unpaired) electrons. The van der Waals surface area contributed by atoms with E-state index in [-0.39, 0.29) is 13.2 Å². The molecule has 1 N–H and O–H groups in total. The van der Waals surface area contributed by atoms with Gasteiger partial charge in [-0.2, -0.15) is 0 Å². The average molecular weight is 455 g/mol. The van der Waals surface area contributed by atoms with Gasteiger partial charge in [-0.25, -0.2) is 0 Å². The van der Waals surface area contributed by atoms with Crippen molar-refractivity contribution in [1.29, 1.82) is 0 Å². The van der Waals surface area contributed by atoms with Crippen LogP contribution in [0.5, 0.6) is 5.75 Å². The second-order valence-corrected chi connectivity index (χ2v) is 8.86. The van der Waals surface area contributed by atoms with Crippen LogP contribution in [0, 0.1) is 0 Å². The second kappa shape index (κ2) is 8.90. The van der Waals surface area contributed by atoms with E-state index in [0.717, 1.165) is 16.9 Å². The third-order valence-corrected chi connectivity index (χ3v) is 7.01. The molecule has 0 saturated carbocycles.